The third-order valence-electron chi connectivity index (χ3n) is 3.91. The molecule has 1 aliphatic rings. The predicted molar refractivity (Wildman–Crippen MR) is 73.2 cm³/mol. The topological polar surface area (TPSA) is 15.3 Å². The van der Waals surface area contributed by atoms with Crippen LogP contribution in [-0.2, 0) is 0 Å². The van der Waals surface area contributed by atoms with Crippen molar-refractivity contribution in [1.29, 1.82) is 0 Å². The number of aryl methyl sites for hydroxylation is 1. The summed E-state index contributed by atoms with van der Waals surface area (Å²) in [7, 11) is 2.21. The molecule has 0 aliphatic carbocycles. The molecule has 1 fully saturated rings. The molecule has 0 amide bonds. The van der Waals surface area contributed by atoms with E-state index in [0.717, 1.165) is 6.54 Å². The van der Waals surface area contributed by atoms with Crippen molar-refractivity contribution >= 4 is 0 Å². The van der Waals surface area contributed by atoms with Crippen LogP contribution in [0.5, 0.6) is 0 Å². The van der Waals surface area contributed by atoms with Gasteiger partial charge in [-0.2, -0.15) is 0 Å². The largest absolute Gasteiger partial charge is 0.306 e. The molecule has 0 aromatic heterocycles. The highest BCUT2D eigenvalue weighted by atomic mass is 15.2. The molecule has 1 saturated heterocycles. The molecule has 2 rings (SSSR count). The predicted octanol–water partition coefficient (Wildman–Crippen LogP) is 2.74. The first-order valence-electron chi connectivity index (χ1n) is 6.59. The number of nitrogens with zero attached hydrogens (tertiary/aromatic N) is 1. The molecule has 1 aliphatic heterocycles. The molecule has 1 aromatic carbocycles. The van der Waals surface area contributed by atoms with Crippen molar-refractivity contribution in [3.63, 3.8) is 0 Å². The highest BCUT2D eigenvalue weighted by molar-refractivity contribution is 5.24. The maximum absolute atomic E-state index is 3.74. The second-order valence-corrected chi connectivity index (χ2v) is 5.52. The molecule has 94 valence electrons. The van der Waals surface area contributed by atoms with E-state index >= 15 is 0 Å². The van der Waals surface area contributed by atoms with Crippen molar-refractivity contribution in [2.75, 3.05) is 13.6 Å². The third-order valence-corrected chi connectivity index (χ3v) is 3.91. The van der Waals surface area contributed by atoms with Gasteiger partial charge in [0.1, 0.15) is 0 Å². The first kappa shape index (κ1) is 12.6. The van der Waals surface area contributed by atoms with Crippen LogP contribution in [0, 0.1) is 6.92 Å². The van der Waals surface area contributed by atoms with Gasteiger partial charge in [0.15, 0.2) is 0 Å². The Morgan fingerprint density at radius 3 is 2.76 bits per heavy atom. The third kappa shape index (κ3) is 3.08. The van der Waals surface area contributed by atoms with Gasteiger partial charge in [0, 0.05) is 24.7 Å². The highest BCUT2D eigenvalue weighted by Crippen LogP contribution is 2.20. The van der Waals surface area contributed by atoms with Crippen molar-refractivity contribution in [3.8, 4) is 0 Å². The lowest BCUT2D eigenvalue weighted by Crippen LogP contribution is -2.33. The Labute approximate surface area is 105 Å². The lowest BCUT2D eigenvalue weighted by atomic mass is 10.0. The van der Waals surface area contributed by atoms with Crippen LogP contribution in [0.15, 0.2) is 24.3 Å². The number of rotatable bonds is 3. The summed E-state index contributed by atoms with van der Waals surface area (Å²) in [5, 5.41) is 3.74. The summed E-state index contributed by atoms with van der Waals surface area (Å²) in [5.74, 6) is 0. The quantitative estimate of drug-likeness (QED) is 0.862. The summed E-state index contributed by atoms with van der Waals surface area (Å²) in [5.41, 5.74) is 2.74. The van der Waals surface area contributed by atoms with Crippen LogP contribution in [0.25, 0.3) is 0 Å². The van der Waals surface area contributed by atoms with Crippen molar-refractivity contribution in [2.24, 2.45) is 0 Å². The lowest BCUT2D eigenvalue weighted by molar-refractivity contribution is 0.325. The van der Waals surface area contributed by atoms with Gasteiger partial charge in [-0.3, -0.25) is 0 Å². The molecule has 3 atom stereocenters. The standard InChI is InChI=1S/C15H24N2/c1-11-6-5-7-14(8-11)13(3)16-15-9-12(2)17(4)10-15/h5-8,12-13,15-16H,9-10H2,1-4H3/t12?,13-,15?/m0/s1. The van der Waals surface area contributed by atoms with Crippen LogP contribution in [0.3, 0.4) is 0 Å². The van der Waals surface area contributed by atoms with Gasteiger partial charge in [-0.1, -0.05) is 29.8 Å². The summed E-state index contributed by atoms with van der Waals surface area (Å²) in [6, 6.07) is 10.6. The van der Waals surface area contributed by atoms with Crippen LogP contribution in [-0.4, -0.2) is 30.6 Å². The fourth-order valence-corrected chi connectivity index (χ4v) is 2.70. The van der Waals surface area contributed by atoms with Crippen LogP contribution in [0.2, 0.25) is 0 Å². The molecule has 1 heterocycles. The van der Waals surface area contributed by atoms with Crippen LogP contribution < -0.4 is 5.32 Å². The maximum Gasteiger partial charge on any atom is 0.0294 e. The lowest BCUT2D eigenvalue weighted by Gasteiger charge is -2.20. The van der Waals surface area contributed by atoms with Crippen LogP contribution in [0.4, 0.5) is 0 Å². The first-order valence-corrected chi connectivity index (χ1v) is 6.59. The Bertz CT molecular complexity index is 365. The van der Waals surface area contributed by atoms with Gasteiger partial charge >= 0.3 is 0 Å². The average molecular weight is 232 g/mol. The van der Waals surface area contributed by atoms with E-state index in [0.29, 0.717) is 18.1 Å². The van der Waals surface area contributed by atoms with Crippen LogP contribution >= 0.6 is 0 Å². The monoisotopic (exact) mass is 232 g/mol. The molecule has 0 saturated carbocycles. The normalized spacial score (nSPS) is 27.3. The van der Waals surface area contributed by atoms with Gasteiger partial charge in [-0.05, 0) is 39.8 Å². The summed E-state index contributed by atoms with van der Waals surface area (Å²) in [6.45, 7) is 7.88. The van der Waals surface area contributed by atoms with Gasteiger partial charge in [0.05, 0.1) is 0 Å². The van der Waals surface area contributed by atoms with E-state index in [9.17, 15) is 0 Å². The van der Waals surface area contributed by atoms with E-state index in [1.807, 2.05) is 0 Å². The molecular formula is C15H24N2. The highest BCUT2D eigenvalue weighted by Gasteiger charge is 2.26. The van der Waals surface area contributed by atoms with Gasteiger partial charge in [0.2, 0.25) is 0 Å². The van der Waals surface area contributed by atoms with E-state index < -0.39 is 0 Å². The number of likely N-dealkylation sites (tertiary alicyclic amines) is 1. The molecule has 0 spiro atoms. The average Bonchev–Trinajstić information content (AvgIpc) is 2.58. The number of likely N-dealkylation sites (N-methyl/N-ethyl adjacent to an activating group) is 1. The minimum absolute atomic E-state index is 0.443. The zero-order valence-electron chi connectivity index (χ0n) is 11.4. The van der Waals surface area contributed by atoms with Crippen molar-refractivity contribution in [1.82, 2.24) is 10.2 Å². The van der Waals surface area contributed by atoms with E-state index in [2.05, 4.69) is 62.3 Å². The Morgan fingerprint density at radius 2 is 2.18 bits per heavy atom. The smallest absolute Gasteiger partial charge is 0.0294 e. The second kappa shape index (κ2) is 5.19. The SMILES string of the molecule is Cc1cccc([C@H](C)NC2CC(C)N(C)C2)c1. The van der Waals surface area contributed by atoms with Crippen molar-refractivity contribution < 1.29 is 0 Å². The molecule has 2 unspecified atom stereocenters. The summed E-state index contributed by atoms with van der Waals surface area (Å²) in [6.07, 6.45) is 1.26. The molecule has 1 aromatic rings. The van der Waals surface area contributed by atoms with Gasteiger partial charge in [-0.25, -0.2) is 0 Å². The summed E-state index contributed by atoms with van der Waals surface area (Å²) in [4.78, 5) is 2.43. The first-order chi connectivity index (χ1) is 8.06. The van der Waals surface area contributed by atoms with Gasteiger partial charge in [-0.15, -0.1) is 0 Å². The second-order valence-electron chi connectivity index (χ2n) is 5.52. The molecule has 2 nitrogen and oxygen atoms in total. The molecular weight excluding hydrogens is 208 g/mol. The molecule has 0 bridgehead atoms. The Balaban J connectivity index is 1.96. The fourth-order valence-electron chi connectivity index (χ4n) is 2.70. The maximum atomic E-state index is 3.74. The molecule has 1 N–H and O–H groups in total. The number of hydrogen-bond donors (Lipinski definition) is 1. The van der Waals surface area contributed by atoms with Crippen molar-refractivity contribution in [2.45, 2.75) is 45.3 Å². The number of hydrogen-bond acceptors (Lipinski definition) is 2. The zero-order valence-corrected chi connectivity index (χ0v) is 11.4. The minimum Gasteiger partial charge on any atom is -0.306 e. The molecule has 0 radical (unpaired) electrons. The van der Waals surface area contributed by atoms with Gasteiger partial charge < -0.3 is 10.2 Å². The number of nitrogens with one attached hydrogen (secondary N) is 1. The Morgan fingerprint density at radius 1 is 1.41 bits per heavy atom. The van der Waals surface area contributed by atoms with E-state index in [4.69, 9.17) is 0 Å². The van der Waals surface area contributed by atoms with E-state index in [-0.39, 0.29) is 0 Å². The molecule has 17 heavy (non-hydrogen) atoms. The summed E-state index contributed by atoms with van der Waals surface area (Å²) < 4.78 is 0. The number of benzene rings is 1. The Hall–Kier alpha value is -0.860. The zero-order chi connectivity index (χ0) is 12.4. The minimum atomic E-state index is 0.443. The van der Waals surface area contributed by atoms with Crippen molar-refractivity contribution in [3.05, 3.63) is 35.4 Å². The van der Waals surface area contributed by atoms with Gasteiger partial charge in [0.25, 0.3) is 0 Å². The van der Waals surface area contributed by atoms with E-state index in [1.54, 1.807) is 0 Å². The summed E-state index contributed by atoms with van der Waals surface area (Å²) >= 11 is 0. The molecule has 2 heteroatoms. The fraction of sp³-hybridized carbons (Fsp3) is 0.600. The van der Waals surface area contributed by atoms with E-state index in [1.165, 1.54) is 17.5 Å². The van der Waals surface area contributed by atoms with Crippen LogP contribution in [0.1, 0.15) is 37.4 Å². The Kier molecular flexibility index (Phi) is 3.85.